The number of nitrogens with zero attached hydrogens (tertiary/aromatic N) is 1. The summed E-state index contributed by atoms with van der Waals surface area (Å²) < 4.78 is 10.2. The van der Waals surface area contributed by atoms with Crippen LogP contribution in [0.4, 0.5) is 11.4 Å². The van der Waals surface area contributed by atoms with Crippen molar-refractivity contribution >= 4 is 11.4 Å². The molecule has 0 amide bonds. The molecule has 0 aromatic heterocycles. The van der Waals surface area contributed by atoms with Gasteiger partial charge in [-0.15, -0.1) is 0 Å². The Kier molecular flexibility index (Phi) is 6.79. The predicted molar refractivity (Wildman–Crippen MR) is 85.1 cm³/mol. The summed E-state index contributed by atoms with van der Waals surface area (Å²) in [6.07, 6.45) is 2.06. The predicted octanol–water partition coefficient (Wildman–Crippen LogP) is 1.72. The van der Waals surface area contributed by atoms with Crippen LogP contribution in [-0.4, -0.2) is 57.8 Å². The molecule has 1 unspecified atom stereocenters. The van der Waals surface area contributed by atoms with Gasteiger partial charge in [0.25, 0.3) is 0 Å². The van der Waals surface area contributed by atoms with Crippen LogP contribution in [0.15, 0.2) is 24.3 Å². The van der Waals surface area contributed by atoms with Gasteiger partial charge in [-0.2, -0.15) is 0 Å². The van der Waals surface area contributed by atoms with E-state index in [4.69, 9.17) is 9.47 Å². The third kappa shape index (κ3) is 5.53. The molecule has 2 N–H and O–H groups in total. The second kappa shape index (κ2) is 8.87. The molecule has 0 saturated carbocycles. The van der Waals surface area contributed by atoms with Crippen molar-refractivity contribution in [3.8, 4) is 0 Å². The Morgan fingerprint density at radius 3 is 2.57 bits per heavy atom. The van der Waals surface area contributed by atoms with Crippen LogP contribution < -0.4 is 10.2 Å². The maximum absolute atomic E-state index is 9.80. The number of hydrogen-bond donors (Lipinski definition) is 2. The van der Waals surface area contributed by atoms with E-state index in [-0.39, 0.29) is 0 Å². The molecular weight excluding hydrogens is 268 g/mol. The highest BCUT2D eigenvalue weighted by Crippen LogP contribution is 2.21. The van der Waals surface area contributed by atoms with Crippen molar-refractivity contribution in [3.05, 3.63) is 24.3 Å². The van der Waals surface area contributed by atoms with E-state index in [0.29, 0.717) is 26.4 Å². The molecule has 21 heavy (non-hydrogen) atoms. The second-order valence-electron chi connectivity index (χ2n) is 5.34. The minimum absolute atomic E-state index is 0.322. The van der Waals surface area contributed by atoms with Crippen molar-refractivity contribution in [1.82, 2.24) is 0 Å². The van der Waals surface area contributed by atoms with Crippen molar-refractivity contribution in [1.29, 1.82) is 0 Å². The van der Waals surface area contributed by atoms with Crippen LogP contribution in [0.3, 0.4) is 0 Å². The molecule has 2 rings (SSSR count). The Morgan fingerprint density at radius 2 is 1.90 bits per heavy atom. The minimum atomic E-state index is -0.514. The molecule has 118 valence electrons. The zero-order valence-electron chi connectivity index (χ0n) is 12.8. The first kappa shape index (κ1) is 16.1. The number of aliphatic hydroxyl groups excluding tert-OH is 1. The SMILES string of the molecule is COCCOCC(O)CNc1ccc(N2CCCC2)cc1. The summed E-state index contributed by atoms with van der Waals surface area (Å²) in [6, 6.07) is 8.39. The van der Waals surface area contributed by atoms with Gasteiger partial charge in [-0.05, 0) is 37.1 Å². The van der Waals surface area contributed by atoms with E-state index in [1.165, 1.54) is 18.5 Å². The molecular formula is C16H26N2O3. The molecule has 1 aromatic rings. The Balaban J connectivity index is 1.68. The standard InChI is InChI=1S/C16H26N2O3/c1-20-10-11-21-13-16(19)12-17-14-4-6-15(7-5-14)18-8-2-3-9-18/h4-7,16-17,19H,2-3,8-13H2,1H3. The van der Waals surface area contributed by atoms with E-state index in [2.05, 4.69) is 34.5 Å². The van der Waals surface area contributed by atoms with Crippen LogP contribution in [0.2, 0.25) is 0 Å². The average Bonchev–Trinajstić information content (AvgIpc) is 3.04. The van der Waals surface area contributed by atoms with Crippen molar-refractivity contribution in [2.24, 2.45) is 0 Å². The van der Waals surface area contributed by atoms with Gasteiger partial charge in [-0.25, -0.2) is 0 Å². The number of methoxy groups -OCH3 is 1. The Hall–Kier alpha value is -1.30. The summed E-state index contributed by atoms with van der Waals surface area (Å²) in [5.74, 6) is 0. The maximum Gasteiger partial charge on any atom is 0.0945 e. The van der Waals surface area contributed by atoms with Crippen LogP contribution in [0.1, 0.15) is 12.8 Å². The van der Waals surface area contributed by atoms with Gasteiger partial charge < -0.3 is 24.8 Å². The van der Waals surface area contributed by atoms with Crippen LogP contribution in [0.25, 0.3) is 0 Å². The summed E-state index contributed by atoms with van der Waals surface area (Å²) in [4.78, 5) is 2.41. The van der Waals surface area contributed by atoms with Gasteiger partial charge in [-0.1, -0.05) is 0 Å². The molecule has 0 aliphatic carbocycles. The molecule has 1 aromatic carbocycles. The molecule has 5 heteroatoms. The van der Waals surface area contributed by atoms with Crippen molar-refractivity contribution in [2.45, 2.75) is 18.9 Å². The highest BCUT2D eigenvalue weighted by molar-refractivity contribution is 5.55. The van der Waals surface area contributed by atoms with E-state index in [0.717, 1.165) is 18.8 Å². The maximum atomic E-state index is 9.80. The Bertz CT molecular complexity index is 391. The van der Waals surface area contributed by atoms with Crippen molar-refractivity contribution in [2.75, 3.05) is 56.8 Å². The third-order valence-electron chi connectivity index (χ3n) is 3.62. The second-order valence-corrected chi connectivity index (χ2v) is 5.34. The number of hydrogen-bond acceptors (Lipinski definition) is 5. The lowest BCUT2D eigenvalue weighted by molar-refractivity contribution is 0.0182. The fourth-order valence-corrected chi connectivity index (χ4v) is 2.42. The van der Waals surface area contributed by atoms with Gasteiger partial charge in [0.2, 0.25) is 0 Å². The van der Waals surface area contributed by atoms with Gasteiger partial charge in [-0.3, -0.25) is 0 Å². The van der Waals surface area contributed by atoms with E-state index < -0.39 is 6.10 Å². The summed E-state index contributed by atoms with van der Waals surface area (Å²) in [7, 11) is 1.63. The normalized spacial score (nSPS) is 16.2. The van der Waals surface area contributed by atoms with Gasteiger partial charge in [0.05, 0.1) is 25.9 Å². The van der Waals surface area contributed by atoms with E-state index in [9.17, 15) is 5.11 Å². The molecule has 5 nitrogen and oxygen atoms in total. The summed E-state index contributed by atoms with van der Waals surface area (Å²) in [6.45, 7) is 4.18. The fourth-order valence-electron chi connectivity index (χ4n) is 2.42. The van der Waals surface area contributed by atoms with Crippen LogP contribution in [0, 0.1) is 0 Å². The number of rotatable bonds is 9. The first-order chi connectivity index (χ1) is 10.3. The van der Waals surface area contributed by atoms with Crippen LogP contribution >= 0.6 is 0 Å². The summed E-state index contributed by atoms with van der Waals surface area (Å²) >= 11 is 0. The monoisotopic (exact) mass is 294 g/mol. The highest BCUT2D eigenvalue weighted by atomic mass is 16.5. The topological polar surface area (TPSA) is 54.0 Å². The van der Waals surface area contributed by atoms with Crippen LogP contribution in [0.5, 0.6) is 0 Å². The highest BCUT2D eigenvalue weighted by Gasteiger charge is 2.11. The number of aliphatic hydroxyl groups is 1. The van der Waals surface area contributed by atoms with Crippen molar-refractivity contribution < 1.29 is 14.6 Å². The molecule has 0 bridgehead atoms. The van der Waals surface area contributed by atoms with E-state index >= 15 is 0 Å². The number of ether oxygens (including phenoxy) is 2. The van der Waals surface area contributed by atoms with Gasteiger partial charge in [0.15, 0.2) is 0 Å². The molecule has 1 heterocycles. The Morgan fingerprint density at radius 1 is 1.19 bits per heavy atom. The smallest absolute Gasteiger partial charge is 0.0945 e. The largest absolute Gasteiger partial charge is 0.389 e. The molecule has 1 atom stereocenters. The number of benzene rings is 1. The quantitative estimate of drug-likeness (QED) is 0.679. The van der Waals surface area contributed by atoms with Gasteiger partial charge >= 0.3 is 0 Å². The summed E-state index contributed by atoms with van der Waals surface area (Å²) in [5, 5.41) is 13.0. The van der Waals surface area contributed by atoms with E-state index in [1.807, 2.05) is 0 Å². The van der Waals surface area contributed by atoms with Crippen LogP contribution in [-0.2, 0) is 9.47 Å². The fraction of sp³-hybridized carbons (Fsp3) is 0.625. The zero-order valence-corrected chi connectivity index (χ0v) is 12.8. The summed E-state index contributed by atoms with van der Waals surface area (Å²) in [5.41, 5.74) is 2.30. The van der Waals surface area contributed by atoms with E-state index in [1.54, 1.807) is 7.11 Å². The van der Waals surface area contributed by atoms with Gasteiger partial charge in [0.1, 0.15) is 0 Å². The van der Waals surface area contributed by atoms with Gasteiger partial charge in [0, 0.05) is 38.1 Å². The average molecular weight is 294 g/mol. The lowest BCUT2D eigenvalue weighted by Crippen LogP contribution is -2.25. The number of anilines is 2. The molecule has 1 fully saturated rings. The molecule has 0 radical (unpaired) electrons. The Labute approximate surface area is 126 Å². The molecule has 0 spiro atoms. The first-order valence-corrected chi connectivity index (χ1v) is 7.63. The zero-order chi connectivity index (χ0) is 14.9. The minimum Gasteiger partial charge on any atom is -0.389 e. The number of nitrogens with one attached hydrogen (secondary N) is 1. The first-order valence-electron chi connectivity index (χ1n) is 7.63. The lowest BCUT2D eigenvalue weighted by Gasteiger charge is -2.18. The molecule has 1 saturated heterocycles. The van der Waals surface area contributed by atoms with Crippen molar-refractivity contribution in [3.63, 3.8) is 0 Å². The third-order valence-corrected chi connectivity index (χ3v) is 3.62. The lowest BCUT2D eigenvalue weighted by atomic mass is 10.2. The molecule has 1 aliphatic rings. The molecule has 1 aliphatic heterocycles.